The van der Waals surface area contributed by atoms with E-state index < -0.39 is 0 Å². The summed E-state index contributed by atoms with van der Waals surface area (Å²) in [4.78, 5) is 1.07. The molecule has 0 aliphatic heterocycles. The van der Waals surface area contributed by atoms with E-state index >= 15 is 0 Å². The first-order valence-electron chi connectivity index (χ1n) is 5.33. The summed E-state index contributed by atoms with van der Waals surface area (Å²) in [6.07, 6.45) is 1.09. The molecule has 1 rings (SSSR count). The van der Waals surface area contributed by atoms with Crippen molar-refractivity contribution < 1.29 is 5.21 Å². The van der Waals surface area contributed by atoms with Gasteiger partial charge in [-0.15, -0.1) is 11.8 Å². The maximum absolute atomic E-state index is 8.73. The predicted octanol–water partition coefficient (Wildman–Crippen LogP) is 2.98. The summed E-state index contributed by atoms with van der Waals surface area (Å²) >= 11 is 1.76. The van der Waals surface area contributed by atoms with Gasteiger partial charge in [-0.2, -0.15) is 0 Å². The van der Waals surface area contributed by atoms with Gasteiger partial charge in [0.1, 0.15) is 0 Å². The zero-order valence-corrected chi connectivity index (χ0v) is 10.7. The Labute approximate surface area is 101 Å². The molecule has 16 heavy (non-hydrogen) atoms. The van der Waals surface area contributed by atoms with E-state index in [9.17, 15) is 0 Å². The monoisotopic (exact) mass is 238 g/mol. The first-order chi connectivity index (χ1) is 7.58. The van der Waals surface area contributed by atoms with Gasteiger partial charge in [0.05, 0.1) is 0 Å². The van der Waals surface area contributed by atoms with Gasteiger partial charge in [-0.1, -0.05) is 25.1 Å². The zero-order chi connectivity index (χ0) is 12.1. The number of oxime groups is 1. The van der Waals surface area contributed by atoms with E-state index in [1.54, 1.807) is 11.8 Å². The van der Waals surface area contributed by atoms with Crippen molar-refractivity contribution in [3.8, 4) is 0 Å². The maximum Gasteiger partial charge on any atom is 0.171 e. The number of hydrogen-bond donors (Lipinski definition) is 2. The molecule has 1 aromatic rings. The van der Waals surface area contributed by atoms with Crippen LogP contribution < -0.4 is 5.73 Å². The Morgan fingerprint density at radius 3 is 2.81 bits per heavy atom. The molecule has 0 fully saturated rings. The summed E-state index contributed by atoms with van der Waals surface area (Å²) < 4.78 is 0. The Morgan fingerprint density at radius 2 is 2.25 bits per heavy atom. The van der Waals surface area contributed by atoms with Crippen LogP contribution in [-0.2, 0) is 0 Å². The number of nitrogens with zero attached hydrogens (tertiary/aromatic N) is 1. The second kappa shape index (κ2) is 5.80. The fourth-order valence-electron chi connectivity index (χ4n) is 1.29. The van der Waals surface area contributed by atoms with Crippen molar-refractivity contribution in [3.63, 3.8) is 0 Å². The summed E-state index contributed by atoms with van der Waals surface area (Å²) in [6.45, 7) is 6.36. The molecule has 3 N–H and O–H groups in total. The number of nitrogens with two attached hydrogens (primary N) is 1. The van der Waals surface area contributed by atoms with Gasteiger partial charge in [0.25, 0.3) is 0 Å². The van der Waals surface area contributed by atoms with Crippen LogP contribution in [0.15, 0.2) is 28.3 Å². The smallest absolute Gasteiger partial charge is 0.171 e. The number of benzene rings is 1. The lowest BCUT2D eigenvalue weighted by atomic mass is 10.1. The van der Waals surface area contributed by atoms with Gasteiger partial charge in [0.2, 0.25) is 0 Å². The summed E-state index contributed by atoms with van der Waals surface area (Å²) in [5.41, 5.74) is 7.63. The van der Waals surface area contributed by atoms with E-state index in [0.717, 1.165) is 16.9 Å². The Hall–Kier alpha value is -1.16. The van der Waals surface area contributed by atoms with Crippen molar-refractivity contribution in [2.45, 2.75) is 37.3 Å². The molecule has 1 unspecified atom stereocenters. The van der Waals surface area contributed by atoms with Crippen LogP contribution in [0.2, 0.25) is 0 Å². The van der Waals surface area contributed by atoms with Crippen LogP contribution in [0.5, 0.6) is 0 Å². The summed E-state index contributed by atoms with van der Waals surface area (Å²) in [5, 5.41) is 12.3. The van der Waals surface area contributed by atoms with Crippen molar-refractivity contribution in [2.24, 2.45) is 10.9 Å². The molecule has 0 aliphatic carbocycles. The number of thioether (sulfide) groups is 1. The van der Waals surface area contributed by atoms with Crippen LogP contribution in [0.25, 0.3) is 0 Å². The van der Waals surface area contributed by atoms with Crippen LogP contribution in [0.4, 0.5) is 0 Å². The maximum atomic E-state index is 8.73. The molecule has 0 aliphatic rings. The molecule has 88 valence electrons. The molecule has 0 spiro atoms. The third kappa shape index (κ3) is 3.17. The first-order valence-corrected chi connectivity index (χ1v) is 6.21. The number of aryl methyl sites for hydroxylation is 1. The third-order valence-electron chi connectivity index (χ3n) is 2.42. The number of amidine groups is 1. The van der Waals surface area contributed by atoms with E-state index in [2.05, 4.69) is 25.1 Å². The predicted molar refractivity (Wildman–Crippen MR) is 69.3 cm³/mol. The molecule has 4 heteroatoms. The minimum atomic E-state index is 0.172. The van der Waals surface area contributed by atoms with E-state index in [-0.39, 0.29) is 5.84 Å². The molecule has 0 amide bonds. The molecule has 0 heterocycles. The Balaban J connectivity index is 3.08. The minimum Gasteiger partial charge on any atom is -0.409 e. The Morgan fingerprint density at radius 1 is 1.56 bits per heavy atom. The van der Waals surface area contributed by atoms with Crippen LogP contribution in [0.1, 0.15) is 31.4 Å². The van der Waals surface area contributed by atoms with Crippen LogP contribution in [0.3, 0.4) is 0 Å². The number of rotatable bonds is 4. The Kier molecular flexibility index (Phi) is 4.68. The molecule has 3 nitrogen and oxygen atoms in total. The van der Waals surface area contributed by atoms with E-state index in [4.69, 9.17) is 10.9 Å². The van der Waals surface area contributed by atoms with E-state index in [1.807, 2.05) is 19.1 Å². The lowest BCUT2D eigenvalue weighted by Crippen LogP contribution is -2.14. The minimum absolute atomic E-state index is 0.172. The highest BCUT2D eigenvalue weighted by atomic mass is 32.2. The van der Waals surface area contributed by atoms with Gasteiger partial charge in [-0.25, -0.2) is 0 Å². The average Bonchev–Trinajstić information content (AvgIpc) is 2.28. The first kappa shape index (κ1) is 12.9. The second-order valence-corrected chi connectivity index (χ2v) is 5.30. The summed E-state index contributed by atoms with van der Waals surface area (Å²) in [5.74, 6) is 0.172. The van der Waals surface area contributed by atoms with Gasteiger partial charge in [0, 0.05) is 15.7 Å². The van der Waals surface area contributed by atoms with E-state index in [0.29, 0.717) is 5.25 Å². The highest BCUT2D eigenvalue weighted by molar-refractivity contribution is 8.00. The Bertz CT molecular complexity index is 391. The zero-order valence-electron chi connectivity index (χ0n) is 9.90. The average molecular weight is 238 g/mol. The molecule has 0 bridgehead atoms. The lowest BCUT2D eigenvalue weighted by molar-refractivity contribution is 0.318. The lowest BCUT2D eigenvalue weighted by Gasteiger charge is -2.12. The van der Waals surface area contributed by atoms with Crippen molar-refractivity contribution in [1.29, 1.82) is 0 Å². The molecule has 0 radical (unpaired) electrons. The standard InChI is InChI=1S/C12H18N2OS/c1-4-9(3)16-11-7-8(2)5-6-10(11)12(13)14-15/h5-7,9,15H,4H2,1-3H3,(H2,13,14). The fraction of sp³-hybridized carbons (Fsp3) is 0.417. The van der Waals surface area contributed by atoms with Crippen LogP contribution in [0, 0.1) is 6.92 Å². The van der Waals surface area contributed by atoms with Crippen molar-refractivity contribution in [1.82, 2.24) is 0 Å². The quantitative estimate of drug-likeness (QED) is 0.279. The molecule has 1 aromatic carbocycles. The molecule has 0 saturated heterocycles. The third-order valence-corrected chi connectivity index (χ3v) is 3.75. The molecular weight excluding hydrogens is 220 g/mol. The van der Waals surface area contributed by atoms with Gasteiger partial charge in [-0.05, 0) is 31.0 Å². The molecule has 1 atom stereocenters. The van der Waals surface area contributed by atoms with Crippen molar-refractivity contribution in [2.75, 3.05) is 0 Å². The van der Waals surface area contributed by atoms with Gasteiger partial charge in [0.15, 0.2) is 5.84 Å². The molecule has 0 aromatic heterocycles. The largest absolute Gasteiger partial charge is 0.409 e. The second-order valence-electron chi connectivity index (χ2n) is 3.82. The topological polar surface area (TPSA) is 58.6 Å². The van der Waals surface area contributed by atoms with Gasteiger partial charge in [-0.3, -0.25) is 0 Å². The van der Waals surface area contributed by atoms with Crippen molar-refractivity contribution >= 4 is 17.6 Å². The van der Waals surface area contributed by atoms with E-state index in [1.165, 1.54) is 5.56 Å². The summed E-state index contributed by atoms with van der Waals surface area (Å²) in [7, 11) is 0. The summed E-state index contributed by atoms with van der Waals surface area (Å²) in [6, 6.07) is 5.94. The highest BCUT2D eigenvalue weighted by Gasteiger charge is 2.10. The van der Waals surface area contributed by atoms with Crippen LogP contribution >= 0.6 is 11.8 Å². The number of hydrogen-bond acceptors (Lipinski definition) is 3. The highest BCUT2D eigenvalue weighted by Crippen LogP contribution is 2.29. The van der Waals surface area contributed by atoms with Gasteiger partial charge >= 0.3 is 0 Å². The molecule has 0 saturated carbocycles. The van der Waals surface area contributed by atoms with Crippen LogP contribution in [-0.4, -0.2) is 16.3 Å². The fourth-order valence-corrected chi connectivity index (χ4v) is 2.45. The van der Waals surface area contributed by atoms with Gasteiger partial charge < -0.3 is 10.9 Å². The normalized spacial score (nSPS) is 13.8. The van der Waals surface area contributed by atoms with Crippen molar-refractivity contribution in [3.05, 3.63) is 29.3 Å². The SMILES string of the molecule is CCC(C)Sc1cc(C)ccc1C(N)=NO. The molecular formula is C12H18N2OS.